The predicted molar refractivity (Wildman–Crippen MR) is 507 cm³/mol. The molecule has 2 aliphatic heterocycles. The number of methoxy groups -OCH3 is 1. The Kier molecular flexibility index (Phi) is 32.7. The summed E-state index contributed by atoms with van der Waals surface area (Å²) < 4.78 is 19.1. The Bertz CT molecular complexity index is 5700. The van der Waals surface area contributed by atoms with Crippen molar-refractivity contribution in [3.05, 3.63) is 353 Å². The van der Waals surface area contributed by atoms with Crippen LogP contribution in [0.5, 0.6) is 5.75 Å². The molecule has 14 aromatic rings. The van der Waals surface area contributed by atoms with E-state index in [2.05, 4.69) is 170 Å². The van der Waals surface area contributed by atoms with E-state index in [0.29, 0.717) is 18.1 Å². The van der Waals surface area contributed by atoms with E-state index >= 15 is 0 Å². The molecular weight excluding hydrogens is 1670 g/mol. The maximum absolute atomic E-state index is 11.1. The lowest BCUT2D eigenvalue weighted by Gasteiger charge is -2.34. The largest absolute Gasteiger partial charge is 0.496 e. The van der Waals surface area contributed by atoms with E-state index in [1.165, 1.54) is 73.2 Å². The van der Waals surface area contributed by atoms with Gasteiger partial charge in [-0.2, -0.15) is 0 Å². The first-order chi connectivity index (χ1) is 55.6. The minimum Gasteiger partial charge on any atom is -0.496 e. The van der Waals surface area contributed by atoms with Gasteiger partial charge in [0.05, 0.1) is 47.9 Å². The molecule has 8 heterocycles. The Morgan fingerprint density at radius 1 is 0.435 bits per heavy atom. The van der Waals surface area contributed by atoms with Crippen LogP contribution in [0.4, 0.5) is 0 Å². The number of nitrogens with zero attached hydrogens (tertiary/aromatic N) is 8. The number of hydrogen-bond acceptors (Lipinski definition) is 17. The monoisotopic (exact) mass is 1760 g/mol. The summed E-state index contributed by atoms with van der Waals surface area (Å²) in [7, 11) is 3.67. The molecule has 115 heavy (non-hydrogen) atoms. The first-order valence-corrected chi connectivity index (χ1v) is 45.5. The molecule has 0 spiro atoms. The molecule has 11 nitrogen and oxygen atoms in total. The molecule has 2 N–H and O–H groups in total. The van der Waals surface area contributed by atoms with Crippen LogP contribution >= 0.6 is 154 Å². The minimum atomic E-state index is -1.05. The Morgan fingerprint density at radius 3 is 1.37 bits per heavy atom. The van der Waals surface area contributed by atoms with Gasteiger partial charge in [0.15, 0.2) is 27.3 Å². The average molecular weight is 1760 g/mol. The number of ether oxygens (including phenoxy) is 1. The number of aliphatic hydroxyl groups is 2. The number of hydrogen-bond donors (Lipinski definition) is 2. The number of thiocarbonyl (C=S) groups is 2. The molecule has 8 aromatic carbocycles. The molecular formula is C91H89ClN8O3S12. The summed E-state index contributed by atoms with van der Waals surface area (Å²) >= 11 is 47.8. The van der Waals surface area contributed by atoms with E-state index in [-0.39, 0.29) is 0 Å². The number of aryl methyl sites for hydroxylation is 5. The standard InChI is InChI=1S/C18H19NOS2.C16H12ClNS2.C16H16N2OS2.C16H14N2S2.C13H15NS2.C12H13NOS2/c20-18(16-11-5-2-6-12-16)14-22-17(21)19(18)13-7-10-15-8-3-1-4-9-15;17-14-8-6-12(7-9-14)10-18-15(11-20-16(18)19)13-4-2-1-3-5-13;1-12-4-6-14(7-5-12)16(19)11-21-15(20)18(16)10-13-3-2-8-17-9-13;1-12-4-6-14(7-5-12)15-11-20-16(19)18(15)10-13-3-2-8-17-9-13;1-3-8-14-12(9-16-13(14)15)11-6-4-10(2)5-7-11;1-8-4-5-11(14-3)9(6-8)10-7-16-12(15)13(10)2/h1-6,8-9,11-12,20H,7,10,13-14H2;1-9,11H,10H2;2-9,19H,10-11H2,1H3;2-9,11H,10H2,1H3;4-7,9H,3,8H2,1-2H3;4-7H,1-3H3. The van der Waals surface area contributed by atoms with Crippen LogP contribution in [0, 0.1) is 43.5 Å². The van der Waals surface area contributed by atoms with Gasteiger partial charge in [0, 0.05) is 101 Å². The Hall–Kier alpha value is -8.05. The van der Waals surface area contributed by atoms with E-state index in [1.807, 2.05) is 168 Å². The molecule has 0 radical (unpaired) electrons. The van der Waals surface area contributed by atoms with Gasteiger partial charge >= 0.3 is 0 Å². The van der Waals surface area contributed by atoms with Crippen LogP contribution in [0.15, 0.2) is 277 Å². The van der Waals surface area contributed by atoms with Crippen LogP contribution in [0.1, 0.15) is 75.4 Å². The zero-order valence-corrected chi connectivity index (χ0v) is 75.3. The quantitative estimate of drug-likeness (QED) is 0.0751. The summed E-state index contributed by atoms with van der Waals surface area (Å²) in [6, 6.07) is 77.7. The summed E-state index contributed by atoms with van der Waals surface area (Å²) in [6.07, 6.45) is 10.3. The van der Waals surface area contributed by atoms with Gasteiger partial charge in [-0.05, 0) is 171 Å². The third-order valence-electron chi connectivity index (χ3n) is 19.0. The van der Waals surface area contributed by atoms with E-state index in [0.717, 1.165) is 120 Å². The first kappa shape index (κ1) is 87.8. The highest BCUT2D eigenvalue weighted by Crippen LogP contribution is 2.42. The van der Waals surface area contributed by atoms with Gasteiger partial charge in [-0.25, -0.2) is 0 Å². The molecule has 2 unspecified atom stereocenters. The number of thiazole rings is 4. The molecule has 0 bridgehead atoms. The van der Waals surface area contributed by atoms with Crippen LogP contribution in [0.2, 0.25) is 5.02 Å². The maximum Gasteiger partial charge on any atom is 0.175 e. The zero-order chi connectivity index (χ0) is 81.4. The predicted octanol–water partition coefficient (Wildman–Crippen LogP) is 25.7. The lowest BCUT2D eigenvalue weighted by molar-refractivity contribution is -0.0509. The average Bonchev–Trinajstić information content (AvgIpc) is 1.64. The SMILES string of the molecule is CCCn1c(-c2ccc(C)cc2)csc1=S.COc1ccc(C)cc1-c1csc(=S)n1C.Cc1ccc(-c2csc(=S)n2Cc2cccnc2)cc1.Cc1ccc(C2(O)CSC(=S)N2Cc2cccnc2)cc1.OC1(c2ccccc2)CSC(=S)N1CCCc1ccccc1.S=c1scc(-c2ccccc2)n1Cc1ccc(Cl)cc1. The van der Waals surface area contributed by atoms with Crippen molar-refractivity contribution in [1.29, 1.82) is 0 Å². The minimum absolute atomic E-state index is 0.551. The number of aromatic nitrogens is 6. The van der Waals surface area contributed by atoms with Crippen molar-refractivity contribution < 1.29 is 14.9 Å². The Labute approximate surface area is 735 Å². The van der Waals surface area contributed by atoms with E-state index in [4.69, 9.17) is 89.6 Å². The van der Waals surface area contributed by atoms with E-state index in [1.54, 1.807) is 82.8 Å². The van der Waals surface area contributed by atoms with Crippen molar-refractivity contribution in [2.75, 3.05) is 25.2 Å². The Balaban J connectivity index is 0.000000136. The van der Waals surface area contributed by atoms with Crippen LogP contribution in [-0.4, -0.2) is 82.1 Å². The lowest BCUT2D eigenvalue weighted by atomic mass is 10.0. The molecule has 0 amide bonds. The molecule has 24 heteroatoms. The number of pyridine rings is 2. The van der Waals surface area contributed by atoms with Gasteiger partial charge in [-0.15, -0.1) is 45.3 Å². The van der Waals surface area contributed by atoms with E-state index < -0.39 is 11.4 Å². The van der Waals surface area contributed by atoms with Gasteiger partial charge < -0.3 is 43.0 Å². The number of halogens is 1. The summed E-state index contributed by atoms with van der Waals surface area (Å²) in [4.78, 5) is 12.2. The molecule has 2 atom stereocenters. The molecule has 590 valence electrons. The fraction of sp³-hybridized carbons (Fsp3) is 0.209. The van der Waals surface area contributed by atoms with Gasteiger partial charge in [0.1, 0.15) is 14.4 Å². The van der Waals surface area contributed by atoms with Crippen LogP contribution in [0.3, 0.4) is 0 Å². The second-order valence-electron chi connectivity index (χ2n) is 27.4. The summed E-state index contributed by atoms with van der Waals surface area (Å²) in [5.74, 6) is 2.03. The topological polar surface area (TPSA) is 102 Å². The van der Waals surface area contributed by atoms with Gasteiger partial charge in [0.2, 0.25) is 0 Å². The fourth-order valence-corrected chi connectivity index (χ4v) is 20.0. The van der Waals surface area contributed by atoms with Gasteiger partial charge in [-0.1, -0.05) is 283 Å². The highest BCUT2D eigenvalue weighted by molar-refractivity contribution is 8.23. The van der Waals surface area contributed by atoms with Crippen molar-refractivity contribution in [3.63, 3.8) is 0 Å². The van der Waals surface area contributed by atoms with E-state index in [9.17, 15) is 10.2 Å². The van der Waals surface area contributed by atoms with Crippen LogP contribution in [-0.2, 0) is 51.1 Å². The molecule has 6 aromatic heterocycles. The normalized spacial score (nSPS) is 14.7. The van der Waals surface area contributed by atoms with Crippen molar-refractivity contribution >= 4 is 162 Å². The van der Waals surface area contributed by atoms with Crippen molar-refractivity contribution in [2.45, 2.75) is 91.5 Å². The molecule has 0 aliphatic carbocycles. The molecule has 2 aliphatic rings. The van der Waals surface area contributed by atoms with Crippen LogP contribution in [0.25, 0.3) is 45.0 Å². The second kappa shape index (κ2) is 42.9. The highest BCUT2D eigenvalue weighted by Gasteiger charge is 2.45. The summed E-state index contributed by atoms with van der Waals surface area (Å²) in [5, 5.41) is 31.5. The number of rotatable bonds is 19. The fourth-order valence-electron chi connectivity index (χ4n) is 12.7. The molecule has 0 saturated carbocycles. The highest BCUT2D eigenvalue weighted by atomic mass is 35.5. The second-order valence-corrected chi connectivity index (χ2v) is 37.1. The number of benzene rings is 8. The molecule has 2 fully saturated rings. The molecule has 16 rings (SSSR count). The first-order valence-electron chi connectivity index (χ1n) is 37.2. The third-order valence-corrected chi connectivity index (χ3v) is 27.7. The van der Waals surface area contributed by atoms with Crippen molar-refractivity contribution in [3.8, 4) is 50.8 Å². The summed E-state index contributed by atoms with van der Waals surface area (Å²) in [5.41, 5.74) is 18.9. The van der Waals surface area contributed by atoms with Crippen molar-refractivity contribution in [1.82, 2.24) is 38.0 Å². The lowest BCUT2D eigenvalue weighted by Crippen LogP contribution is -2.45. The smallest absolute Gasteiger partial charge is 0.175 e. The summed E-state index contributed by atoms with van der Waals surface area (Å²) in [6.45, 7) is 14.4. The Morgan fingerprint density at radius 2 is 0.861 bits per heavy atom. The molecule has 2 saturated heterocycles. The number of thioether (sulfide) groups is 2. The third kappa shape index (κ3) is 23.7. The zero-order valence-electron chi connectivity index (χ0n) is 64.8. The van der Waals surface area contributed by atoms with Gasteiger partial charge in [-0.3, -0.25) is 9.97 Å². The van der Waals surface area contributed by atoms with Crippen LogP contribution < -0.4 is 4.74 Å². The van der Waals surface area contributed by atoms with Crippen molar-refractivity contribution in [2.24, 2.45) is 7.05 Å². The van der Waals surface area contributed by atoms with Gasteiger partial charge in [0.25, 0.3) is 0 Å². The maximum atomic E-state index is 11.1.